The highest BCUT2D eigenvalue weighted by atomic mass is 79.9. The zero-order valence-corrected chi connectivity index (χ0v) is 11.9. The van der Waals surface area contributed by atoms with Gasteiger partial charge in [0, 0.05) is 18.7 Å². The van der Waals surface area contributed by atoms with Crippen molar-refractivity contribution in [3.8, 4) is 5.75 Å². The molecule has 1 aromatic carbocycles. The number of nitrogens with zero attached hydrogens (tertiary/aromatic N) is 1. The summed E-state index contributed by atoms with van der Waals surface area (Å²) in [6, 6.07) is 5.58. The molecule has 0 aliphatic carbocycles. The summed E-state index contributed by atoms with van der Waals surface area (Å²) in [6.45, 7) is 4.00. The number of rotatable bonds is 3. The van der Waals surface area contributed by atoms with Gasteiger partial charge in [-0.25, -0.2) is 0 Å². The molecule has 98 valence electrons. The van der Waals surface area contributed by atoms with Crippen LogP contribution in [0, 0.1) is 5.41 Å². The molecule has 0 radical (unpaired) electrons. The minimum Gasteiger partial charge on any atom is -0.506 e. The van der Waals surface area contributed by atoms with Gasteiger partial charge < -0.3 is 10.8 Å². The molecule has 1 fully saturated rings. The number of hydrogen-bond acceptors (Lipinski definition) is 3. The quantitative estimate of drug-likeness (QED) is 0.895. The standard InChI is InChI=1S/C13H17BrN2O2/c1-13(12(15)18)5-6-16(8-13)7-9-3-2-4-10(14)11(9)17/h2-4,17H,5-8H2,1H3,(H2,15,18). The highest BCUT2D eigenvalue weighted by molar-refractivity contribution is 9.10. The predicted molar refractivity (Wildman–Crippen MR) is 73.0 cm³/mol. The van der Waals surface area contributed by atoms with Gasteiger partial charge in [-0.1, -0.05) is 12.1 Å². The Labute approximate surface area is 115 Å². The lowest BCUT2D eigenvalue weighted by Gasteiger charge is -2.21. The summed E-state index contributed by atoms with van der Waals surface area (Å²) < 4.78 is 0.692. The van der Waals surface area contributed by atoms with E-state index in [2.05, 4.69) is 20.8 Å². The van der Waals surface area contributed by atoms with Gasteiger partial charge in [-0.05, 0) is 41.9 Å². The molecule has 1 aromatic rings. The fourth-order valence-electron chi connectivity index (χ4n) is 2.32. The number of hydrogen-bond donors (Lipinski definition) is 2. The van der Waals surface area contributed by atoms with Crippen LogP contribution in [0.3, 0.4) is 0 Å². The number of para-hydroxylation sites is 1. The van der Waals surface area contributed by atoms with E-state index in [9.17, 15) is 9.90 Å². The Balaban J connectivity index is 2.08. The van der Waals surface area contributed by atoms with Crippen molar-refractivity contribution in [3.63, 3.8) is 0 Å². The molecule has 4 nitrogen and oxygen atoms in total. The van der Waals surface area contributed by atoms with Crippen LogP contribution in [0.5, 0.6) is 5.75 Å². The van der Waals surface area contributed by atoms with Crippen LogP contribution < -0.4 is 5.73 Å². The van der Waals surface area contributed by atoms with Crippen LogP contribution >= 0.6 is 15.9 Å². The largest absolute Gasteiger partial charge is 0.506 e. The van der Waals surface area contributed by atoms with Crippen molar-refractivity contribution >= 4 is 21.8 Å². The van der Waals surface area contributed by atoms with Gasteiger partial charge in [-0.2, -0.15) is 0 Å². The lowest BCUT2D eigenvalue weighted by molar-refractivity contribution is -0.126. The molecule has 1 amide bonds. The molecule has 18 heavy (non-hydrogen) atoms. The van der Waals surface area contributed by atoms with Crippen LogP contribution in [0.1, 0.15) is 18.9 Å². The summed E-state index contributed by atoms with van der Waals surface area (Å²) in [4.78, 5) is 13.5. The van der Waals surface area contributed by atoms with E-state index in [1.807, 2.05) is 19.1 Å². The smallest absolute Gasteiger partial charge is 0.224 e. The van der Waals surface area contributed by atoms with Gasteiger partial charge in [0.1, 0.15) is 5.75 Å². The molecule has 3 N–H and O–H groups in total. The van der Waals surface area contributed by atoms with Crippen molar-refractivity contribution < 1.29 is 9.90 Å². The van der Waals surface area contributed by atoms with Gasteiger partial charge in [-0.15, -0.1) is 0 Å². The van der Waals surface area contributed by atoms with Crippen LogP contribution in [0.4, 0.5) is 0 Å². The number of aromatic hydroxyl groups is 1. The van der Waals surface area contributed by atoms with E-state index >= 15 is 0 Å². The Morgan fingerprint density at radius 1 is 1.61 bits per heavy atom. The molecular weight excluding hydrogens is 296 g/mol. The van der Waals surface area contributed by atoms with Crippen LogP contribution in [0.15, 0.2) is 22.7 Å². The van der Waals surface area contributed by atoms with E-state index in [1.54, 1.807) is 6.07 Å². The topological polar surface area (TPSA) is 66.6 Å². The highest BCUT2D eigenvalue weighted by Gasteiger charge is 2.38. The number of carbonyl (C=O) groups is 1. The lowest BCUT2D eigenvalue weighted by atomic mass is 9.89. The molecule has 5 heteroatoms. The van der Waals surface area contributed by atoms with E-state index < -0.39 is 5.41 Å². The average Bonchev–Trinajstić information content (AvgIpc) is 2.68. The first-order chi connectivity index (χ1) is 8.42. The predicted octanol–water partition coefficient (Wildman–Crippen LogP) is 1.85. The maximum absolute atomic E-state index is 11.4. The Hall–Kier alpha value is -1.07. The third kappa shape index (κ3) is 2.52. The number of carbonyl (C=O) groups excluding carboxylic acids is 1. The molecule has 1 atom stereocenters. The van der Waals surface area contributed by atoms with Crippen molar-refractivity contribution in [2.45, 2.75) is 19.9 Å². The van der Waals surface area contributed by atoms with Crippen molar-refractivity contribution in [3.05, 3.63) is 28.2 Å². The SMILES string of the molecule is CC1(C(N)=O)CCN(Cc2cccc(Br)c2O)C1. The number of amides is 1. The lowest BCUT2D eigenvalue weighted by Crippen LogP contribution is -2.36. The minimum atomic E-state index is -0.443. The Morgan fingerprint density at radius 2 is 2.33 bits per heavy atom. The molecule has 0 saturated carbocycles. The van der Waals surface area contributed by atoms with Crippen molar-refractivity contribution in [2.75, 3.05) is 13.1 Å². The second-order valence-electron chi connectivity index (χ2n) is 5.13. The van der Waals surface area contributed by atoms with Crippen molar-refractivity contribution in [2.24, 2.45) is 11.1 Å². The number of primary amides is 1. The molecule has 1 aliphatic rings. The van der Waals surface area contributed by atoms with Gasteiger partial charge >= 0.3 is 0 Å². The van der Waals surface area contributed by atoms with E-state index in [1.165, 1.54) is 0 Å². The van der Waals surface area contributed by atoms with Gasteiger partial charge in [0.25, 0.3) is 0 Å². The summed E-state index contributed by atoms with van der Waals surface area (Å²) in [5.74, 6) is 0.0219. The van der Waals surface area contributed by atoms with Gasteiger partial charge in [-0.3, -0.25) is 9.69 Å². The molecular formula is C13H17BrN2O2. The number of likely N-dealkylation sites (tertiary alicyclic amines) is 1. The Bertz CT molecular complexity index is 478. The third-order valence-corrected chi connectivity index (χ3v) is 4.25. The fourth-order valence-corrected chi connectivity index (χ4v) is 2.73. The maximum atomic E-state index is 11.4. The molecule has 0 bridgehead atoms. The maximum Gasteiger partial charge on any atom is 0.224 e. The molecule has 2 rings (SSSR count). The van der Waals surface area contributed by atoms with Gasteiger partial charge in [0.15, 0.2) is 0 Å². The van der Waals surface area contributed by atoms with Crippen LogP contribution in [0.25, 0.3) is 0 Å². The summed E-state index contributed by atoms with van der Waals surface area (Å²) in [7, 11) is 0. The third-order valence-electron chi connectivity index (χ3n) is 3.61. The number of nitrogens with two attached hydrogens (primary N) is 1. The summed E-state index contributed by atoms with van der Waals surface area (Å²) in [5.41, 5.74) is 5.84. The van der Waals surface area contributed by atoms with E-state index in [-0.39, 0.29) is 11.7 Å². The van der Waals surface area contributed by atoms with Crippen molar-refractivity contribution in [1.82, 2.24) is 4.90 Å². The summed E-state index contributed by atoms with van der Waals surface area (Å²) in [6.07, 6.45) is 0.775. The molecule has 1 saturated heterocycles. The van der Waals surface area contributed by atoms with Gasteiger partial charge in [0.05, 0.1) is 9.89 Å². The highest BCUT2D eigenvalue weighted by Crippen LogP contribution is 2.33. The van der Waals surface area contributed by atoms with E-state index in [0.717, 1.165) is 18.5 Å². The molecule has 0 aromatic heterocycles. The fraction of sp³-hybridized carbons (Fsp3) is 0.462. The molecule has 0 spiro atoms. The minimum absolute atomic E-state index is 0.247. The van der Waals surface area contributed by atoms with E-state index in [4.69, 9.17) is 5.73 Å². The zero-order valence-electron chi connectivity index (χ0n) is 10.3. The second kappa shape index (κ2) is 4.90. The molecule has 1 aliphatic heterocycles. The van der Waals surface area contributed by atoms with Gasteiger partial charge in [0.2, 0.25) is 5.91 Å². The second-order valence-corrected chi connectivity index (χ2v) is 5.99. The Kier molecular flexibility index (Phi) is 3.64. The first-order valence-corrected chi connectivity index (χ1v) is 6.70. The normalized spacial score (nSPS) is 24.3. The summed E-state index contributed by atoms with van der Waals surface area (Å²) >= 11 is 3.30. The number of halogens is 1. The van der Waals surface area contributed by atoms with Crippen LogP contribution in [-0.2, 0) is 11.3 Å². The number of phenols is 1. The average molecular weight is 313 g/mol. The number of benzene rings is 1. The van der Waals surface area contributed by atoms with E-state index in [0.29, 0.717) is 17.6 Å². The summed E-state index contributed by atoms with van der Waals surface area (Å²) in [5, 5.41) is 9.93. The molecule has 1 unspecified atom stereocenters. The molecule has 1 heterocycles. The van der Waals surface area contributed by atoms with Crippen LogP contribution in [-0.4, -0.2) is 29.0 Å². The first-order valence-electron chi connectivity index (χ1n) is 5.91. The number of phenolic OH excluding ortho intramolecular Hbond substituents is 1. The zero-order chi connectivity index (χ0) is 13.3. The first kappa shape index (κ1) is 13.4. The van der Waals surface area contributed by atoms with Crippen LogP contribution in [0.2, 0.25) is 0 Å². The monoisotopic (exact) mass is 312 g/mol. The Morgan fingerprint density at radius 3 is 2.94 bits per heavy atom. The van der Waals surface area contributed by atoms with Crippen molar-refractivity contribution in [1.29, 1.82) is 0 Å².